The minimum absolute atomic E-state index is 1.14. The quantitative estimate of drug-likeness (QED) is 0.714. The summed E-state index contributed by atoms with van der Waals surface area (Å²) in [5.41, 5.74) is 4.55. The summed E-state index contributed by atoms with van der Waals surface area (Å²) in [6, 6.07) is 6.69. The number of hydrogen-bond acceptors (Lipinski definition) is 1. The van der Waals surface area contributed by atoms with Crippen LogP contribution in [0.1, 0.15) is 30.0 Å². The zero-order chi connectivity index (χ0) is 11.3. The second-order valence-corrected chi connectivity index (χ2v) is 4.52. The van der Waals surface area contributed by atoms with Crippen LogP contribution in [-0.4, -0.2) is 25.5 Å². The van der Waals surface area contributed by atoms with E-state index in [0.717, 1.165) is 6.54 Å². The maximum Gasteiger partial charge on any atom is 0.00159 e. The molecule has 1 aromatic carbocycles. The second kappa shape index (κ2) is 5.92. The number of hydrogen-bond donors (Lipinski definition) is 0. The van der Waals surface area contributed by atoms with Crippen molar-refractivity contribution in [3.8, 4) is 0 Å². The van der Waals surface area contributed by atoms with Gasteiger partial charge in [-0.05, 0) is 50.6 Å². The topological polar surface area (TPSA) is 3.24 Å². The van der Waals surface area contributed by atoms with Gasteiger partial charge in [0.15, 0.2) is 0 Å². The molecule has 0 aliphatic rings. The number of aryl methyl sites for hydroxylation is 2. The van der Waals surface area contributed by atoms with Crippen LogP contribution < -0.4 is 0 Å². The van der Waals surface area contributed by atoms with Crippen molar-refractivity contribution in [2.75, 3.05) is 20.6 Å². The highest BCUT2D eigenvalue weighted by Crippen LogP contribution is 2.16. The third-order valence-corrected chi connectivity index (χ3v) is 2.84. The maximum atomic E-state index is 2.28. The van der Waals surface area contributed by atoms with E-state index in [1.165, 1.54) is 24.8 Å². The first-order valence-electron chi connectivity index (χ1n) is 5.87. The maximum absolute atomic E-state index is 2.28. The van der Waals surface area contributed by atoms with Crippen LogP contribution in [0.4, 0.5) is 0 Å². The Kier molecular flexibility index (Phi) is 4.83. The van der Waals surface area contributed by atoms with E-state index in [9.17, 15) is 0 Å². The Hall–Kier alpha value is -0.820. The largest absolute Gasteiger partial charge is 0.309 e. The molecule has 1 nitrogen and oxygen atoms in total. The van der Waals surface area contributed by atoms with E-state index >= 15 is 0 Å². The molecule has 0 saturated heterocycles. The van der Waals surface area contributed by atoms with Gasteiger partial charge < -0.3 is 4.90 Å². The molecule has 84 valence electrons. The molecule has 0 unspecified atom stereocenters. The Labute approximate surface area is 94.1 Å². The first kappa shape index (κ1) is 12.3. The minimum atomic E-state index is 1.14. The molecule has 1 aromatic rings. The average molecular weight is 205 g/mol. The van der Waals surface area contributed by atoms with Gasteiger partial charge in [0, 0.05) is 6.54 Å². The molecule has 0 spiro atoms. The summed E-state index contributed by atoms with van der Waals surface area (Å²) < 4.78 is 0. The van der Waals surface area contributed by atoms with Crippen LogP contribution in [0.5, 0.6) is 0 Å². The van der Waals surface area contributed by atoms with Crippen molar-refractivity contribution in [3.05, 3.63) is 34.9 Å². The van der Waals surface area contributed by atoms with Crippen molar-refractivity contribution in [1.82, 2.24) is 4.90 Å². The number of rotatable bonds is 5. The van der Waals surface area contributed by atoms with Crippen molar-refractivity contribution in [2.24, 2.45) is 0 Å². The molecule has 0 saturated carbocycles. The molecule has 0 heterocycles. The van der Waals surface area contributed by atoms with Crippen molar-refractivity contribution >= 4 is 0 Å². The summed E-state index contributed by atoms with van der Waals surface area (Å²) >= 11 is 0. The van der Waals surface area contributed by atoms with Gasteiger partial charge in [-0.1, -0.05) is 31.5 Å². The predicted molar refractivity (Wildman–Crippen MR) is 67.4 cm³/mol. The van der Waals surface area contributed by atoms with Gasteiger partial charge in [-0.3, -0.25) is 0 Å². The SMILES string of the molecule is CCCc1cccc(C)c1CCN(C)C. The third kappa shape index (κ3) is 3.67. The monoisotopic (exact) mass is 205 g/mol. The van der Waals surface area contributed by atoms with Gasteiger partial charge >= 0.3 is 0 Å². The molecule has 0 radical (unpaired) electrons. The van der Waals surface area contributed by atoms with Gasteiger partial charge in [0.25, 0.3) is 0 Å². The fourth-order valence-corrected chi connectivity index (χ4v) is 1.96. The number of likely N-dealkylation sites (N-methyl/N-ethyl adjacent to an activating group) is 1. The molecule has 15 heavy (non-hydrogen) atoms. The van der Waals surface area contributed by atoms with Gasteiger partial charge in [-0.25, -0.2) is 0 Å². The molecule has 0 atom stereocenters. The molecule has 0 amide bonds. The summed E-state index contributed by atoms with van der Waals surface area (Å²) in [5.74, 6) is 0. The Morgan fingerprint density at radius 2 is 1.87 bits per heavy atom. The van der Waals surface area contributed by atoms with E-state index in [0.29, 0.717) is 0 Å². The normalized spacial score (nSPS) is 11.0. The van der Waals surface area contributed by atoms with Crippen LogP contribution >= 0.6 is 0 Å². The summed E-state index contributed by atoms with van der Waals surface area (Å²) in [5, 5.41) is 0. The molecule has 0 aliphatic heterocycles. The van der Waals surface area contributed by atoms with E-state index in [4.69, 9.17) is 0 Å². The lowest BCUT2D eigenvalue weighted by atomic mass is 9.96. The van der Waals surface area contributed by atoms with Gasteiger partial charge in [0.05, 0.1) is 0 Å². The van der Waals surface area contributed by atoms with Crippen LogP contribution in [0.2, 0.25) is 0 Å². The Morgan fingerprint density at radius 1 is 1.13 bits per heavy atom. The molecular formula is C14H23N. The lowest BCUT2D eigenvalue weighted by Gasteiger charge is -2.15. The predicted octanol–water partition coefficient (Wildman–Crippen LogP) is 3.05. The van der Waals surface area contributed by atoms with E-state index in [-0.39, 0.29) is 0 Å². The van der Waals surface area contributed by atoms with E-state index in [1.54, 1.807) is 11.1 Å². The van der Waals surface area contributed by atoms with Crippen LogP contribution in [0.25, 0.3) is 0 Å². The zero-order valence-electron chi connectivity index (χ0n) is 10.5. The molecule has 0 aliphatic carbocycles. The van der Waals surface area contributed by atoms with Gasteiger partial charge in [0.2, 0.25) is 0 Å². The lowest BCUT2D eigenvalue weighted by Crippen LogP contribution is -2.16. The highest BCUT2D eigenvalue weighted by atomic mass is 15.0. The zero-order valence-corrected chi connectivity index (χ0v) is 10.5. The average Bonchev–Trinajstić information content (AvgIpc) is 2.17. The van der Waals surface area contributed by atoms with Gasteiger partial charge in [-0.15, -0.1) is 0 Å². The van der Waals surface area contributed by atoms with E-state index in [1.807, 2.05) is 0 Å². The Balaban J connectivity index is 2.81. The van der Waals surface area contributed by atoms with E-state index < -0.39 is 0 Å². The highest BCUT2D eigenvalue weighted by molar-refractivity contribution is 5.34. The highest BCUT2D eigenvalue weighted by Gasteiger charge is 2.04. The summed E-state index contributed by atoms with van der Waals surface area (Å²) in [7, 11) is 4.27. The van der Waals surface area contributed by atoms with Gasteiger partial charge in [0.1, 0.15) is 0 Å². The van der Waals surface area contributed by atoms with E-state index in [2.05, 4.69) is 51.0 Å². The molecule has 1 rings (SSSR count). The van der Waals surface area contributed by atoms with Crippen molar-refractivity contribution in [1.29, 1.82) is 0 Å². The molecule has 0 bridgehead atoms. The third-order valence-electron chi connectivity index (χ3n) is 2.84. The van der Waals surface area contributed by atoms with Gasteiger partial charge in [-0.2, -0.15) is 0 Å². The van der Waals surface area contributed by atoms with Crippen LogP contribution in [0, 0.1) is 6.92 Å². The smallest absolute Gasteiger partial charge is 0.00159 e. The minimum Gasteiger partial charge on any atom is -0.309 e. The van der Waals surface area contributed by atoms with Crippen LogP contribution in [-0.2, 0) is 12.8 Å². The first-order chi connectivity index (χ1) is 7.15. The summed E-state index contributed by atoms with van der Waals surface area (Å²) in [6.45, 7) is 5.61. The number of nitrogens with zero attached hydrogens (tertiary/aromatic N) is 1. The molecule has 1 heteroatoms. The first-order valence-corrected chi connectivity index (χ1v) is 5.87. The molecular weight excluding hydrogens is 182 g/mol. The van der Waals surface area contributed by atoms with Crippen molar-refractivity contribution < 1.29 is 0 Å². The van der Waals surface area contributed by atoms with Crippen LogP contribution in [0.3, 0.4) is 0 Å². The van der Waals surface area contributed by atoms with Crippen molar-refractivity contribution in [3.63, 3.8) is 0 Å². The Bertz CT molecular complexity index is 302. The fraction of sp³-hybridized carbons (Fsp3) is 0.571. The molecule has 0 aromatic heterocycles. The number of benzene rings is 1. The standard InChI is InChI=1S/C14H23N/c1-5-7-13-9-6-8-12(2)14(13)10-11-15(3)4/h6,8-9H,5,7,10-11H2,1-4H3. The molecule has 0 fully saturated rings. The lowest BCUT2D eigenvalue weighted by molar-refractivity contribution is 0.413. The van der Waals surface area contributed by atoms with Crippen LogP contribution in [0.15, 0.2) is 18.2 Å². The Morgan fingerprint density at radius 3 is 2.47 bits per heavy atom. The molecule has 0 N–H and O–H groups in total. The second-order valence-electron chi connectivity index (χ2n) is 4.52. The van der Waals surface area contributed by atoms with Crippen molar-refractivity contribution in [2.45, 2.75) is 33.1 Å². The summed E-state index contributed by atoms with van der Waals surface area (Å²) in [6.07, 6.45) is 3.62. The summed E-state index contributed by atoms with van der Waals surface area (Å²) in [4.78, 5) is 2.25. The fourth-order valence-electron chi connectivity index (χ4n) is 1.96.